The van der Waals surface area contributed by atoms with Gasteiger partial charge in [-0.1, -0.05) is 17.4 Å². The molecule has 0 fully saturated rings. The summed E-state index contributed by atoms with van der Waals surface area (Å²) in [5.41, 5.74) is 1.75. The van der Waals surface area contributed by atoms with E-state index in [2.05, 4.69) is 10.1 Å². The summed E-state index contributed by atoms with van der Waals surface area (Å²) in [6.45, 7) is 2.92. The van der Waals surface area contributed by atoms with E-state index < -0.39 is 0 Å². The van der Waals surface area contributed by atoms with Gasteiger partial charge in [0.2, 0.25) is 0 Å². The average molecular weight is 423 g/mol. The molecule has 3 aromatic heterocycles. The zero-order valence-electron chi connectivity index (χ0n) is 16.9. The Labute approximate surface area is 177 Å². The maximum Gasteiger partial charge on any atom is 0.280 e. The fraction of sp³-hybridized carbons (Fsp3) is 0.238. The maximum atomic E-state index is 13.4. The highest BCUT2D eigenvalue weighted by Gasteiger charge is 2.25. The van der Waals surface area contributed by atoms with Gasteiger partial charge in [0, 0.05) is 18.9 Å². The molecule has 0 atom stereocenters. The van der Waals surface area contributed by atoms with Crippen LogP contribution in [0.2, 0.25) is 0 Å². The lowest BCUT2D eigenvalue weighted by Crippen LogP contribution is -2.31. The molecule has 4 rings (SSSR count). The quantitative estimate of drug-likeness (QED) is 0.450. The van der Waals surface area contributed by atoms with E-state index >= 15 is 0 Å². The average Bonchev–Trinajstić information content (AvgIpc) is 3.44. The monoisotopic (exact) mass is 423 g/mol. The molecule has 9 heteroatoms. The number of hydrogen-bond donors (Lipinski definition) is 0. The molecule has 1 amide bonds. The Bertz CT molecular complexity index is 1130. The Morgan fingerprint density at radius 1 is 1.13 bits per heavy atom. The van der Waals surface area contributed by atoms with E-state index in [1.807, 2.05) is 31.2 Å². The van der Waals surface area contributed by atoms with Crippen LogP contribution in [0.1, 0.15) is 23.1 Å². The summed E-state index contributed by atoms with van der Waals surface area (Å²) in [4.78, 5) is 24.1. The van der Waals surface area contributed by atoms with E-state index in [0.29, 0.717) is 34.4 Å². The molecule has 0 saturated heterocycles. The molecule has 0 spiro atoms. The first-order valence-electron chi connectivity index (χ1n) is 9.41. The molecular formula is C21H21N5O3S. The maximum absolute atomic E-state index is 13.4. The minimum Gasteiger partial charge on any atom is -0.495 e. The minimum atomic E-state index is -0.246. The van der Waals surface area contributed by atoms with Crippen LogP contribution in [0.4, 0.5) is 5.13 Å². The molecule has 0 saturated carbocycles. The summed E-state index contributed by atoms with van der Waals surface area (Å²) in [5.74, 6) is 1.05. The highest BCUT2D eigenvalue weighted by Crippen LogP contribution is 2.40. The van der Waals surface area contributed by atoms with Crippen LogP contribution in [0.5, 0.6) is 11.5 Å². The van der Waals surface area contributed by atoms with E-state index in [1.54, 1.807) is 48.3 Å². The Morgan fingerprint density at radius 2 is 1.93 bits per heavy atom. The number of methoxy groups -OCH3 is 2. The van der Waals surface area contributed by atoms with Gasteiger partial charge in [0.15, 0.2) is 10.8 Å². The Morgan fingerprint density at radius 3 is 2.60 bits per heavy atom. The number of fused-ring (bicyclic) bond motifs is 1. The number of aromatic nitrogens is 4. The predicted molar refractivity (Wildman–Crippen MR) is 115 cm³/mol. The molecule has 0 aliphatic rings. The Kier molecular flexibility index (Phi) is 5.62. The van der Waals surface area contributed by atoms with Gasteiger partial charge in [0.1, 0.15) is 21.7 Å². The number of thiazole rings is 1. The third-order valence-electron chi connectivity index (χ3n) is 4.61. The lowest BCUT2D eigenvalue weighted by molar-refractivity contribution is 0.0979. The summed E-state index contributed by atoms with van der Waals surface area (Å²) in [5, 5.41) is 4.89. The van der Waals surface area contributed by atoms with E-state index in [0.717, 1.165) is 10.4 Å². The molecule has 0 radical (unpaired) electrons. The van der Waals surface area contributed by atoms with E-state index in [9.17, 15) is 4.79 Å². The zero-order chi connectivity index (χ0) is 21.1. The molecule has 0 aliphatic carbocycles. The van der Waals surface area contributed by atoms with Crippen LogP contribution in [0.15, 0.2) is 48.8 Å². The SMILES string of the molecule is CCn1ccc(C(=O)N(Cc2ccccn2)c2nc3c(OC)ccc(OC)c3s2)n1. The fourth-order valence-corrected chi connectivity index (χ4v) is 4.13. The van der Waals surface area contributed by atoms with Gasteiger partial charge in [0.05, 0.1) is 26.5 Å². The van der Waals surface area contributed by atoms with Gasteiger partial charge < -0.3 is 9.47 Å². The van der Waals surface area contributed by atoms with Gasteiger partial charge in [-0.3, -0.25) is 19.4 Å². The Balaban J connectivity index is 1.81. The molecule has 0 bridgehead atoms. The minimum absolute atomic E-state index is 0.246. The third-order valence-corrected chi connectivity index (χ3v) is 5.70. The van der Waals surface area contributed by atoms with Crippen molar-refractivity contribution in [3.8, 4) is 11.5 Å². The molecule has 30 heavy (non-hydrogen) atoms. The lowest BCUT2D eigenvalue weighted by Gasteiger charge is -2.18. The number of carbonyl (C=O) groups is 1. The van der Waals surface area contributed by atoms with Crippen LogP contribution >= 0.6 is 11.3 Å². The fourth-order valence-electron chi connectivity index (χ4n) is 3.06. The van der Waals surface area contributed by atoms with Crippen LogP contribution in [0, 0.1) is 0 Å². The second kappa shape index (κ2) is 8.50. The second-order valence-electron chi connectivity index (χ2n) is 6.41. The Hall–Kier alpha value is -3.46. The first-order valence-corrected chi connectivity index (χ1v) is 10.2. The first kappa shape index (κ1) is 19.8. The van der Waals surface area contributed by atoms with Crippen molar-refractivity contribution >= 4 is 32.6 Å². The van der Waals surface area contributed by atoms with Crippen molar-refractivity contribution in [1.29, 1.82) is 0 Å². The summed E-state index contributed by atoms with van der Waals surface area (Å²) >= 11 is 1.37. The van der Waals surface area contributed by atoms with Gasteiger partial charge in [0.25, 0.3) is 5.91 Å². The van der Waals surface area contributed by atoms with Crippen LogP contribution in [0.25, 0.3) is 10.2 Å². The molecule has 154 valence electrons. The van der Waals surface area contributed by atoms with Crippen molar-refractivity contribution in [2.45, 2.75) is 20.0 Å². The van der Waals surface area contributed by atoms with Crippen molar-refractivity contribution in [3.63, 3.8) is 0 Å². The standard InChI is InChI=1S/C21H21N5O3S/c1-4-25-12-10-15(24-25)20(27)26(13-14-7-5-6-11-22-14)21-23-18-16(28-2)8-9-17(29-3)19(18)30-21/h5-12H,4,13H2,1-3H3. The number of nitrogens with zero attached hydrogens (tertiary/aromatic N) is 5. The molecule has 3 heterocycles. The van der Waals surface area contributed by atoms with E-state index in [1.165, 1.54) is 11.3 Å². The van der Waals surface area contributed by atoms with Crippen LogP contribution in [0.3, 0.4) is 0 Å². The highest BCUT2D eigenvalue weighted by atomic mass is 32.1. The molecule has 0 N–H and O–H groups in total. The van der Waals surface area contributed by atoms with Crippen molar-refractivity contribution in [3.05, 3.63) is 60.2 Å². The van der Waals surface area contributed by atoms with Crippen molar-refractivity contribution in [2.24, 2.45) is 0 Å². The van der Waals surface area contributed by atoms with Crippen molar-refractivity contribution < 1.29 is 14.3 Å². The number of ether oxygens (including phenoxy) is 2. The predicted octanol–water partition coefficient (Wildman–Crippen LogP) is 3.77. The number of amides is 1. The molecule has 4 aromatic rings. The van der Waals surface area contributed by atoms with E-state index in [4.69, 9.17) is 14.5 Å². The van der Waals surface area contributed by atoms with Gasteiger partial charge in [-0.2, -0.15) is 5.10 Å². The molecule has 1 aromatic carbocycles. The van der Waals surface area contributed by atoms with Crippen molar-refractivity contribution in [1.82, 2.24) is 19.7 Å². The molecule has 0 unspecified atom stereocenters. The normalized spacial score (nSPS) is 10.9. The number of rotatable bonds is 7. The summed E-state index contributed by atoms with van der Waals surface area (Å²) in [6, 6.07) is 11.0. The molecular weight excluding hydrogens is 402 g/mol. The highest BCUT2D eigenvalue weighted by molar-refractivity contribution is 7.22. The molecule has 8 nitrogen and oxygen atoms in total. The second-order valence-corrected chi connectivity index (χ2v) is 7.39. The van der Waals surface area contributed by atoms with Gasteiger partial charge >= 0.3 is 0 Å². The third kappa shape index (κ3) is 3.71. The number of pyridine rings is 1. The van der Waals surface area contributed by atoms with Crippen LogP contribution < -0.4 is 14.4 Å². The smallest absolute Gasteiger partial charge is 0.280 e. The number of benzene rings is 1. The van der Waals surface area contributed by atoms with Gasteiger partial charge in [-0.05, 0) is 37.3 Å². The van der Waals surface area contributed by atoms with Gasteiger partial charge in [-0.25, -0.2) is 4.98 Å². The lowest BCUT2D eigenvalue weighted by atomic mass is 10.3. The number of hydrogen-bond acceptors (Lipinski definition) is 7. The number of carbonyl (C=O) groups excluding carboxylic acids is 1. The zero-order valence-corrected chi connectivity index (χ0v) is 17.7. The molecule has 0 aliphatic heterocycles. The largest absolute Gasteiger partial charge is 0.495 e. The van der Waals surface area contributed by atoms with Gasteiger partial charge in [-0.15, -0.1) is 0 Å². The topological polar surface area (TPSA) is 82.4 Å². The van der Waals surface area contributed by atoms with Crippen LogP contribution in [-0.4, -0.2) is 39.9 Å². The summed E-state index contributed by atoms with van der Waals surface area (Å²) in [7, 11) is 3.20. The van der Waals surface area contributed by atoms with Crippen molar-refractivity contribution in [2.75, 3.05) is 19.1 Å². The van der Waals surface area contributed by atoms with E-state index in [-0.39, 0.29) is 12.5 Å². The van der Waals surface area contributed by atoms with Crippen LogP contribution in [-0.2, 0) is 13.1 Å². The number of aryl methyl sites for hydroxylation is 1. The number of anilines is 1. The summed E-state index contributed by atoms with van der Waals surface area (Å²) in [6.07, 6.45) is 3.49. The summed E-state index contributed by atoms with van der Waals surface area (Å²) < 4.78 is 13.5. The first-order chi connectivity index (χ1) is 14.6.